The van der Waals surface area contributed by atoms with E-state index in [1.54, 1.807) is 36.4 Å². The molecule has 0 fully saturated rings. The van der Waals surface area contributed by atoms with Crippen LogP contribution in [0.4, 0.5) is 0 Å². The number of aryl methyl sites for hydroxylation is 1. The largest absolute Gasteiger partial charge is 0.495 e. The Morgan fingerprint density at radius 3 is 2.74 bits per heavy atom. The highest BCUT2D eigenvalue weighted by Crippen LogP contribution is 2.29. The number of rotatable bonds is 8. The van der Waals surface area contributed by atoms with Gasteiger partial charge < -0.3 is 14.3 Å². The third kappa shape index (κ3) is 4.41. The minimum Gasteiger partial charge on any atom is -0.495 e. The van der Waals surface area contributed by atoms with Gasteiger partial charge in [-0.15, -0.1) is 11.3 Å². The molecule has 2 aromatic heterocycles. The molecule has 144 valence electrons. The molecule has 0 aliphatic carbocycles. The Balaban J connectivity index is 1.75. The molecule has 2 N–H and O–H groups in total. The summed E-state index contributed by atoms with van der Waals surface area (Å²) in [6.45, 7) is 2.08. The van der Waals surface area contributed by atoms with E-state index in [0.29, 0.717) is 16.4 Å². The lowest BCUT2D eigenvalue weighted by molar-refractivity contribution is 0.193. The molecule has 2 heterocycles. The van der Waals surface area contributed by atoms with Gasteiger partial charge in [-0.1, -0.05) is 13.0 Å². The van der Waals surface area contributed by atoms with Gasteiger partial charge in [0, 0.05) is 16.3 Å². The molecular weight excluding hydrogens is 386 g/mol. The van der Waals surface area contributed by atoms with E-state index >= 15 is 0 Å². The zero-order valence-corrected chi connectivity index (χ0v) is 16.6. The Morgan fingerprint density at radius 1 is 1.26 bits per heavy atom. The molecule has 0 saturated carbocycles. The Hall–Kier alpha value is -2.13. The number of nitrogens with one attached hydrogen (secondary N) is 1. The van der Waals surface area contributed by atoms with Crippen LogP contribution in [0, 0.1) is 0 Å². The van der Waals surface area contributed by atoms with Crippen LogP contribution in [-0.4, -0.2) is 20.6 Å². The van der Waals surface area contributed by atoms with Crippen LogP contribution in [0.25, 0.3) is 0 Å². The van der Waals surface area contributed by atoms with Crippen molar-refractivity contribution in [2.24, 2.45) is 0 Å². The number of aliphatic hydroxyl groups is 1. The summed E-state index contributed by atoms with van der Waals surface area (Å²) >= 11 is 1.32. The summed E-state index contributed by atoms with van der Waals surface area (Å²) in [6.07, 6.45) is 1.36. The van der Waals surface area contributed by atoms with E-state index in [4.69, 9.17) is 9.15 Å². The molecule has 0 bridgehead atoms. The van der Waals surface area contributed by atoms with Crippen molar-refractivity contribution in [3.8, 4) is 5.75 Å². The number of sulfonamides is 1. The van der Waals surface area contributed by atoms with E-state index in [-0.39, 0.29) is 11.4 Å². The summed E-state index contributed by atoms with van der Waals surface area (Å²) in [5, 5.41) is 10.3. The number of methoxy groups -OCH3 is 1. The first-order chi connectivity index (χ1) is 12.9. The van der Waals surface area contributed by atoms with Crippen LogP contribution in [-0.2, 0) is 23.0 Å². The van der Waals surface area contributed by atoms with Crippen molar-refractivity contribution in [1.29, 1.82) is 0 Å². The first-order valence-electron chi connectivity index (χ1n) is 8.41. The van der Waals surface area contributed by atoms with Crippen LogP contribution in [0.5, 0.6) is 5.75 Å². The summed E-state index contributed by atoms with van der Waals surface area (Å²) in [6, 6.07) is 12.1. The number of benzene rings is 1. The third-order valence-corrected chi connectivity index (χ3v) is 6.69. The van der Waals surface area contributed by atoms with E-state index in [0.717, 1.165) is 16.9 Å². The second kappa shape index (κ2) is 8.26. The van der Waals surface area contributed by atoms with Gasteiger partial charge in [-0.05, 0) is 48.4 Å². The summed E-state index contributed by atoms with van der Waals surface area (Å²) < 4.78 is 38.5. The molecule has 27 heavy (non-hydrogen) atoms. The molecule has 3 rings (SSSR count). The molecule has 8 heteroatoms. The second-order valence-electron chi connectivity index (χ2n) is 5.89. The van der Waals surface area contributed by atoms with E-state index in [1.165, 1.54) is 24.7 Å². The first-order valence-corrected chi connectivity index (χ1v) is 10.7. The molecule has 3 aromatic rings. The fourth-order valence-electron chi connectivity index (χ4n) is 2.62. The fraction of sp³-hybridized carbons (Fsp3) is 0.263. The van der Waals surface area contributed by atoms with Gasteiger partial charge >= 0.3 is 0 Å². The molecule has 0 aliphatic heterocycles. The van der Waals surface area contributed by atoms with Gasteiger partial charge in [-0.25, -0.2) is 13.1 Å². The normalized spacial score (nSPS) is 12.9. The average Bonchev–Trinajstić information content (AvgIpc) is 3.37. The number of ether oxygens (including phenoxy) is 1. The van der Waals surface area contributed by atoms with Crippen LogP contribution in [0.2, 0.25) is 0 Å². The highest BCUT2D eigenvalue weighted by atomic mass is 32.2. The standard InChI is InChI=1S/C19H21NO5S2/c1-3-13-6-8-15(24-2)18(11-13)27(22,23)20-12-14-7-9-17(26-14)19(21)16-5-4-10-25-16/h4-11,19-21H,3,12H2,1-2H3. The number of hydrogen-bond acceptors (Lipinski definition) is 6. The van der Waals surface area contributed by atoms with E-state index in [9.17, 15) is 13.5 Å². The van der Waals surface area contributed by atoms with Crippen LogP contribution >= 0.6 is 11.3 Å². The van der Waals surface area contributed by atoms with Crippen molar-refractivity contribution in [1.82, 2.24) is 4.72 Å². The highest BCUT2D eigenvalue weighted by Gasteiger charge is 2.21. The lowest BCUT2D eigenvalue weighted by Gasteiger charge is -2.11. The Labute approximate surface area is 162 Å². The monoisotopic (exact) mass is 407 g/mol. The molecule has 0 spiro atoms. The topological polar surface area (TPSA) is 88.8 Å². The van der Waals surface area contributed by atoms with Gasteiger partial charge in [0.2, 0.25) is 10.0 Å². The number of furan rings is 1. The smallest absolute Gasteiger partial charge is 0.244 e. The summed E-state index contributed by atoms with van der Waals surface area (Å²) in [4.78, 5) is 1.59. The highest BCUT2D eigenvalue weighted by molar-refractivity contribution is 7.89. The molecule has 0 saturated heterocycles. The minimum absolute atomic E-state index is 0.122. The predicted molar refractivity (Wildman–Crippen MR) is 103 cm³/mol. The molecule has 1 unspecified atom stereocenters. The van der Waals surface area contributed by atoms with E-state index in [2.05, 4.69) is 4.72 Å². The molecule has 1 aromatic carbocycles. The van der Waals surface area contributed by atoms with Crippen molar-refractivity contribution in [2.75, 3.05) is 7.11 Å². The van der Waals surface area contributed by atoms with Gasteiger partial charge in [0.05, 0.1) is 13.4 Å². The SMILES string of the molecule is CCc1ccc(OC)c(S(=O)(=O)NCc2ccc(C(O)c3ccco3)s2)c1. The van der Waals surface area contributed by atoms with Gasteiger partial charge in [0.15, 0.2) is 0 Å². The molecule has 0 radical (unpaired) electrons. The number of aliphatic hydroxyl groups excluding tert-OH is 1. The van der Waals surface area contributed by atoms with Crippen molar-refractivity contribution >= 4 is 21.4 Å². The lowest BCUT2D eigenvalue weighted by atomic mass is 10.2. The van der Waals surface area contributed by atoms with Gasteiger partial charge in [-0.2, -0.15) is 0 Å². The zero-order chi connectivity index (χ0) is 19.4. The molecule has 0 amide bonds. The van der Waals surface area contributed by atoms with Gasteiger partial charge in [0.1, 0.15) is 22.5 Å². The van der Waals surface area contributed by atoms with E-state index in [1.807, 2.05) is 13.0 Å². The van der Waals surface area contributed by atoms with Gasteiger partial charge in [-0.3, -0.25) is 0 Å². The summed E-state index contributed by atoms with van der Waals surface area (Å²) in [7, 11) is -2.29. The Morgan fingerprint density at radius 2 is 2.07 bits per heavy atom. The van der Waals surface area contributed by atoms with Crippen LogP contribution in [0.1, 0.15) is 34.1 Å². The molecular formula is C19H21NO5S2. The van der Waals surface area contributed by atoms with Crippen LogP contribution in [0.3, 0.4) is 0 Å². The predicted octanol–water partition coefficient (Wildman–Crippen LogP) is 3.47. The Bertz CT molecular complexity index is 993. The van der Waals surface area contributed by atoms with Crippen molar-refractivity contribution in [3.63, 3.8) is 0 Å². The van der Waals surface area contributed by atoms with Crippen molar-refractivity contribution in [3.05, 3.63) is 69.8 Å². The number of hydrogen-bond donors (Lipinski definition) is 2. The van der Waals surface area contributed by atoms with Crippen molar-refractivity contribution < 1.29 is 22.7 Å². The first kappa shape index (κ1) is 19.6. The maximum atomic E-state index is 12.7. The summed E-state index contributed by atoms with van der Waals surface area (Å²) in [5.41, 5.74) is 0.913. The quantitative estimate of drug-likeness (QED) is 0.597. The van der Waals surface area contributed by atoms with Crippen LogP contribution in [0.15, 0.2) is 58.0 Å². The van der Waals surface area contributed by atoms with Crippen molar-refractivity contribution in [2.45, 2.75) is 30.9 Å². The van der Waals surface area contributed by atoms with Crippen LogP contribution < -0.4 is 9.46 Å². The number of thiophene rings is 1. The minimum atomic E-state index is -3.74. The lowest BCUT2D eigenvalue weighted by Crippen LogP contribution is -2.23. The summed E-state index contributed by atoms with van der Waals surface area (Å²) in [5.74, 6) is 0.755. The molecule has 0 aliphatic rings. The van der Waals surface area contributed by atoms with E-state index < -0.39 is 16.1 Å². The van der Waals surface area contributed by atoms with Gasteiger partial charge in [0.25, 0.3) is 0 Å². The second-order valence-corrected chi connectivity index (χ2v) is 8.82. The Kier molecular flexibility index (Phi) is 6.01. The zero-order valence-electron chi connectivity index (χ0n) is 15.0. The third-order valence-electron chi connectivity index (χ3n) is 4.13. The maximum Gasteiger partial charge on any atom is 0.244 e. The molecule has 1 atom stereocenters. The average molecular weight is 408 g/mol. The molecule has 6 nitrogen and oxygen atoms in total. The fourth-order valence-corrected chi connectivity index (χ4v) is 4.88. The maximum absolute atomic E-state index is 12.7.